The van der Waals surface area contributed by atoms with Crippen LogP contribution in [0.5, 0.6) is 0 Å². The first-order chi connectivity index (χ1) is 16.1. The highest BCUT2D eigenvalue weighted by atomic mass is 16.5. The molecule has 2 aromatic rings. The number of fused-ring (bicyclic) bond motifs is 1. The molecule has 0 radical (unpaired) electrons. The first kappa shape index (κ1) is 23.0. The normalized spacial score (nSPS) is 22.3. The summed E-state index contributed by atoms with van der Waals surface area (Å²) in [6, 6.07) is 21.0. The lowest BCUT2D eigenvalue weighted by atomic mass is 9.83. The summed E-state index contributed by atoms with van der Waals surface area (Å²) in [5.41, 5.74) is 5.55. The Balaban J connectivity index is 1.78. The van der Waals surface area contributed by atoms with Gasteiger partial charge in [0.05, 0.1) is 18.4 Å². The molecule has 2 aliphatic heterocycles. The minimum absolute atomic E-state index is 0.0331. The largest absolute Gasteiger partial charge is 0.463 e. The molecule has 2 aliphatic rings. The Morgan fingerprint density at radius 3 is 2.45 bits per heavy atom. The number of hydrogen-bond acceptors (Lipinski definition) is 5. The Kier molecular flexibility index (Phi) is 7.40. The topological polar surface area (TPSA) is 45.1 Å². The maximum Gasteiger partial charge on any atom is 0.332 e. The van der Waals surface area contributed by atoms with E-state index >= 15 is 0 Å². The first-order valence-corrected chi connectivity index (χ1v) is 11.9. The summed E-state index contributed by atoms with van der Waals surface area (Å²) >= 11 is 0. The summed E-state index contributed by atoms with van der Waals surface area (Å²) in [4.78, 5) is 14.7. The predicted molar refractivity (Wildman–Crippen MR) is 133 cm³/mol. The van der Waals surface area contributed by atoms with Gasteiger partial charge in [0.1, 0.15) is 0 Å². The lowest BCUT2D eigenvalue weighted by Crippen LogP contribution is -2.44. The van der Waals surface area contributed by atoms with Crippen LogP contribution in [0.1, 0.15) is 44.4 Å². The van der Waals surface area contributed by atoms with Crippen LogP contribution >= 0.6 is 0 Å². The molecule has 2 heterocycles. The molecular weight excluding hydrogens is 410 g/mol. The highest BCUT2D eigenvalue weighted by Gasteiger charge is 2.43. The van der Waals surface area contributed by atoms with Crippen LogP contribution in [-0.2, 0) is 9.53 Å². The zero-order chi connectivity index (χ0) is 23.2. The van der Waals surface area contributed by atoms with Gasteiger partial charge in [0.25, 0.3) is 0 Å². The second-order valence-corrected chi connectivity index (χ2v) is 8.64. The third kappa shape index (κ3) is 5.25. The van der Waals surface area contributed by atoms with E-state index in [0.29, 0.717) is 6.61 Å². The summed E-state index contributed by atoms with van der Waals surface area (Å²) in [5.74, 6) is -0.113. The minimum atomic E-state index is -0.329. The summed E-state index contributed by atoms with van der Waals surface area (Å²) in [6.45, 7) is 9.23. The second kappa shape index (κ2) is 10.6. The minimum Gasteiger partial charge on any atom is -0.463 e. The van der Waals surface area contributed by atoms with Gasteiger partial charge >= 0.3 is 5.97 Å². The fraction of sp³-hybridized carbons (Fsp3) is 0.357. The average molecular weight is 444 g/mol. The van der Waals surface area contributed by atoms with E-state index in [1.165, 1.54) is 16.7 Å². The number of hydrogen-bond donors (Lipinski definition) is 0. The molecule has 0 spiro atoms. The number of carbonyl (C=O) groups is 1. The molecule has 0 saturated carbocycles. The van der Waals surface area contributed by atoms with Crippen molar-refractivity contribution in [1.29, 1.82) is 0 Å². The van der Waals surface area contributed by atoms with E-state index < -0.39 is 0 Å². The van der Waals surface area contributed by atoms with Crippen LogP contribution < -0.4 is 0 Å². The highest BCUT2D eigenvalue weighted by Crippen LogP contribution is 2.42. The van der Waals surface area contributed by atoms with Gasteiger partial charge in [-0.2, -0.15) is 5.10 Å². The zero-order valence-corrected chi connectivity index (χ0v) is 19.8. The van der Waals surface area contributed by atoms with Crippen molar-refractivity contribution in [2.24, 2.45) is 11.0 Å². The van der Waals surface area contributed by atoms with E-state index in [1.54, 1.807) is 6.08 Å². The van der Waals surface area contributed by atoms with Crippen LogP contribution in [0.2, 0.25) is 0 Å². The summed E-state index contributed by atoms with van der Waals surface area (Å²) in [6.07, 6.45) is 4.94. The molecule has 1 saturated heterocycles. The highest BCUT2D eigenvalue weighted by molar-refractivity contribution is 6.07. The Labute approximate surface area is 197 Å². The third-order valence-corrected chi connectivity index (χ3v) is 6.19. The van der Waals surface area contributed by atoms with E-state index in [1.807, 2.05) is 31.0 Å². The van der Waals surface area contributed by atoms with Gasteiger partial charge in [0.15, 0.2) is 0 Å². The van der Waals surface area contributed by atoms with E-state index in [4.69, 9.17) is 9.84 Å². The molecule has 5 heteroatoms. The SMILES string of the molecule is CCCN1C/C(=C/c2ccccc2)C2=NN(/C(C)=C/C(=O)OCC)C(c3ccccc3)C2C1. The lowest BCUT2D eigenvalue weighted by Gasteiger charge is -2.36. The molecule has 2 aromatic carbocycles. The fourth-order valence-corrected chi connectivity index (χ4v) is 4.82. The number of piperidine rings is 1. The summed E-state index contributed by atoms with van der Waals surface area (Å²) in [7, 11) is 0. The molecule has 4 rings (SSSR count). The van der Waals surface area contributed by atoms with Gasteiger partial charge in [-0.3, -0.25) is 9.91 Å². The molecule has 0 amide bonds. The molecule has 5 nitrogen and oxygen atoms in total. The van der Waals surface area contributed by atoms with Crippen molar-refractivity contribution in [1.82, 2.24) is 9.91 Å². The van der Waals surface area contributed by atoms with Crippen molar-refractivity contribution in [3.8, 4) is 0 Å². The number of allylic oxidation sites excluding steroid dienone is 1. The van der Waals surface area contributed by atoms with Crippen molar-refractivity contribution in [2.75, 3.05) is 26.2 Å². The Morgan fingerprint density at radius 2 is 1.79 bits per heavy atom. The van der Waals surface area contributed by atoms with Gasteiger partial charge in [0.2, 0.25) is 0 Å². The van der Waals surface area contributed by atoms with Crippen LogP contribution in [-0.4, -0.2) is 47.8 Å². The molecule has 0 aliphatic carbocycles. The molecule has 33 heavy (non-hydrogen) atoms. The van der Waals surface area contributed by atoms with Crippen molar-refractivity contribution in [3.05, 3.63) is 89.1 Å². The summed E-state index contributed by atoms with van der Waals surface area (Å²) < 4.78 is 5.17. The van der Waals surface area contributed by atoms with E-state index in [0.717, 1.165) is 37.5 Å². The number of likely N-dealkylation sites (tertiary alicyclic amines) is 1. The molecule has 0 N–H and O–H groups in total. The average Bonchev–Trinajstić information content (AvgIpc) is 3.21. The fourth-order valence-electron chi connectivity index (χ4n) is 4.82. The number of hydrazone groups is 1. The number of esters is 1. The van der Waals surface area contributed by atoms with Crippen molar-refractivity contribution in [3.63, 3.8) is 0 Å². The summed E-state index contributed by atoms with van der Waals surface area (Å²) in [5, 5.41) is 7.16. The quantitative estimate of drug-likeness (QED) is 0.431. The van der Waals surface area contributed by atoms with Gasteiger partial charge in [-0.1, -0.05) is 67.6 Å². The Hall–Kier alpha value is -3.18. The van der Waals surface area contributed by atoms with Gasteiger partial charge in [-0.25, -0.2) is 4.79 Å². The molecular formula is C28H33N3O2. The number of carbonyl (C=O) groups excluding carboxylic acids is 1. The predicted octanol–water partition coefficient (Wildman–Crippen LogP) is 5.29. The standard InChI is InChI=1S/C28H33N3O2/c1-4-16-30-19-24(18-22-12-8-6-9-13-22)27-25(20-30)28(23-14-10-7-11-15-23)31(29-27)21(3)17-26(32)33-5-2/h6-15,17-18,25,28H,4-5,16,19-20H2,1-3H3/b21-17+,24-18-. The number of nitrogens with zero attached hydrogens (tertiary/aromatic N) is 3. The molecule has 2 unspecified atom stereocenters. The van der Waals surface area contributed by atoms with Crippen molar-refractivity contribution in [2.45, 2.75) is 33.2 Å². The van der Waals surface area contributed by atoms with Gasteiger partial charge in [-0.05, 0) is 49.6 Å². The van der Waals surface area contributed by atoms with E-state index in [2.05, 4.69) is 66.4 Å². The van der Waals surface area contributed by atoms with Crippen LogP contribution in [0.25, 0.3) is 6.08 Å². The lowest BCUT2D eigenvalue weighted by molar-refractivity contribution is -0.137. The van der Waals surface area contributed by atoms with Crippen LogP contribution in [0.15, 0.2) is 83.1 Å². The van der Waals surface area contributed by atoms with Gasteiger partial charge in [0, 0.05) is 30.8 Å². The maximum absolute atomic E-state index is 12.2. The monoisotopic (exact) mass is 443 g/mol. The molecule has 2 atom stereocenters. The second-order valence-electron chi connectivity index (χ2n) is 8.64. The van der Waals surface area contributed by atoms with E-state index in [-0.39, 0.29) is 17.9 Å². The van der Waals surface area contributed by atoms with Crippen molar-refractivity contribution >= 4 is 17.8 Å². The smallest absolute Gasteiger partial charge is 0.332 e. The molecule has 1 fully saturated rings. The van der Waals surface area contributed by atoms with Crippen LogP contribution in [0.4, 0.5) is 0 Å². The van der Waals surface area contributed by atoms with Crippen molar-refractivity contribution < 1.29 is 9.53 Å². The zero-order valence-electron chi connectivity index (χ0n) is 19.8. The van der Waals surface area contributed by atoms with E-state index in [9.17, 15) is 4.79 Å². The Bertz CT molecular complexity index is 1040. The number of ether oxygens (including phenoxy) is 1. The molecule has 0 bridgehead atoms. The van der Waals surface area contributed by atoms with Gasteiger partial charge in [-0.15, -0.1) is 0 Å². The maximum atomic E-state index is 12.2. The third-order valence-electron chi connectivity index (χ3n) is 6.19. The van der Waals surface area contributed by atoms with Crippen LogP contribution in [0, 0.1) is 5.92 Å². The molecule has 172 valence electrons. The molecule has 0 aromatic heterocycles. The number of benzene rings is 2. The Morgan fingerprint density at radius 1 is 1.09 bits per heavy atom. The number of rotatable bonds is 7. The first-order valence-electron chi connectivity index (χ1n) is 11.9. The van der Waals surface area contributed by atoms with Crippen LogP contribution in [0.3, 0.4) is 0 Å². The van der Waals surface area contributed by atoms with Gasteiger partial charge < -0.3 is 4.74 Å².